The first-order valence-corrected chi connectivity index (χ1v) is 10.4. The average Bonchev–Trinajstić information content (AvgIpc) is 2.60. The van der Waals surface area contributed by atoms with Gasteiger partial charge in [0.05, 0.1) is 21.7 Å². The molecule has 1 heterocycles. The van der Waals surface area contributed by atoms with E-state index in [2.05, 4.69) is 10.3 Å². The number of nitrogens with zero attached hydrogens (tertiary/aromatic N) is 1. The summed E-state index contributed by atoms with van der Waals surface area (Å²) in [6.07, 6.45) is 2.66. The molecule has 0 aliphatic heterocycles. The number of carbonyl (C=O) groups excluding carboxylic acids is 1. The Morgan fingerprint density at radius 3 is 2.26 bits per heavy atom. The minimum absolute atomic E-state index is 0.122. The van der Waals surface area contributed by atoms with Gasteiger partial charge in [-0.3, -0.25) is 9.78 Å². The maximum Gasteiger partial charge on any atom is 0.252 e. The number of sulfone groups is 1. The van der Waals surface area contributed by atoms with Crippen LogP contribution in [0.3, 0.4) is 0 Å². The molecular formula is C20H21N3O3S. The Kier molecular flexibility index (Phi) is 4.89. The highest BCUT2D eigenvalue weighted by Gasteiger charge is 2.15. The topological polar surface area (TPSA) is 102 Å². The third-order valence-corrected chi connectivity index (χ3v) is 5.31. The van der Waals surface area contributed by atoms with E-state index < -0.39 is 15.7 Å². The molecule has 1 amide bonds. The van der Waals surface area contributed by atoms with Gasteiger partial charge in [0, 0.05) is 23.9 Å². The molecule has 0 atom stereocenters. The molecule has 140 valence electrons. The summed E-state index contributed by atoms with van der Waals surface area (Å²) >= 11 is 0. The molecule has 0 saturated carbocycles. The number of hydrogen-bond donors (Lipinski definition) is 2. The zero-order valence-corrected chi connectivity index (χ0v) is 16.2. The molecule has 27 heavy (non-hydrogen) atoms. The van der Waals surface area contributed by atoms with Crippen LogP contribution in [-0.4, -0.2) is 31.6 Å². The van der Waals surface area contributed by atoms with Crippen LogP contribution in [0, 0.1) is 0 Å². The van der Waals surface area contributed by atoms with Crippen LogP contribution in [0.2, 0.25) is 0 Å². The first kappa shape index (κ1) is 18.8. The number of aromatic nitrogens is 1. The number of fused-ring (bicyclic) bond motifs is 1. The Balaban J connectivity index is 2.10. The predicted octanol–water partition coefficient (Wildman–Crippen LogP) is 3.22. The van der Waals surface area contributed by atoms with Crippen molar-refractivity contribution in [2.45, 2.75) is 24.8 Å². The van der Waals surface area contributed by atoms with Crippen LogP contribution in [0.15, 0.2) is 53.6 Å². The fourth-order valence-corrected chi connectivity index (χ4v) is 3.53. The highest BCUT2D eigenvalue weighted by molar-refractivity contribution is 7.90. The van der Waals surface area contributed by atoms with Gasteiger partial charge in [-0.2, -0.15) is 0 Å². The lowest BCUT2D eigenvalue weighted by molar-refractivity contribution is 0.100. The molecule has 0 aliphatic carbocycles. The fraction of sp³-hybridized carbons (Fsp3) is 0.200. The Morgan fingerprint density at radius 1 is 1.07 bits per heavy atom. The summed E-state index contributed by atoms with van der Waals surface area (Å²) in [6, 6.07) is 12.5. The second kappa shape index (κ2) is 7.00. The largest absolute Gasteiger partial charge is 0.382 e. The zero-order chi connectivity index (χ0) is 19.8. The summed E-state index contributed by atoms with van der Waals surface area (Å²) in [7, 11) is -3.23. The van der Waals surface area contributed by atoms with E-state index in [-0.39, 0.29) is 10.9 Å². The number of carbonyl (C=O) groups is 1. The molecule has 3 rings (SSSR count). The smallest absolute Gasteiger partial charge is 0.252 e. The number of rotatable bonds is 5. The van der Waals surface area contributed by atoms with Gasteiger partial charge in [-0.15, -0.1) is 0 Å². The van der Waals surface area contributed by atoms with Crippen LogP contribution >= 0.6 is 0 Å². The van der Waals surface area contributed by atoms with Crippen molar-refractivity contribution in [1.82, 2.24) is 4.98 Å². The van der Waals surface area contributed by atoms with Gasteiger partial charge in [-0.1, -0.05) is 24.3 Å². The SMILES string of the molecule is CC(C)Nc1c(C(N)=O)cnc2cc(-c3ccc(S(C)(=O)=O)cc3)ccc12. The summed E-state index contributed by atoms with van der Waals surface area (Å²) in [6.45, 7) is 3.96. The molecule has 2 aromatic carbocycles. The summed E-state index contributed by atoms with van der Waals surface area (Å²) in [4.78, 5) is 16.4. The van der Waals surface area contributed by atoms with Crippen molar-refractivity contribution in [2.24, 2.45) is 5.73 Å². The second-order valence-corrected chi connectivity index (χ2v) is 8.75. The fourth-order valence-electron chi connectivity index (χ4n) is 2.90. The second-order valence-electron chi connectivity index (χ2n) is 6.74. The van der Waals surface area contributed by atoms with Crippen LogP contribution in [0.5, 0.6) is 0 Å². The first-order chi connectivity index (χ1) is 12.7. The third kappa shape index (κ3) is 3.93. The Bertz CT molecular complexity index is 1120. The third-order valence-electron chi connectivity index (χ3n) is 4.18. The average molecular weight is 383 g/mol. The summed E-state index contributed by atoms with van der Waals surface area (Å²) in [5.74, 6) is -0.534. The van der Waals surface area contributed by atoms with Crippen molar-refractivity contribution in [1.29, 1.82) is 0 Å². The molecule has 0 saturated heterocycles. The first-order valence-electron chi connectivity index (χ1n) is 8.46. The number of primary amides is 1. The summed E-state index contributed by atoms with van der Waals surface area (Å²) < 4.78 is 23.2. The van der Waals surface area contributed by atoms with E-state index in [1.54, 1.807) is 24.3 Å². The highest BCUT2D eigenvalue weighted by atomic mass is 32.2. The highest BCUT2D eigenvalue weighted by Crippen LogP contribution is 2.30. The van der Waals surface area contributed by atoms with Gasteiger partial charge in [0.15, 0.2) is 9.84 Å². The number of nitrogens with one attached hydrogen (secondary N) is 1. The number of anilines is 1. The van der Waals surface area contributed by atoms with Gasteiger partial charge >= 0.3 is 0 Å². The van der Waals surface area contributed by atoms with Crippen LogP contribution < -0.4 is 11.1 Å². The molecule has 7 heteroatoms. The van der Waals surface area contributed by atoms with Gasteiger partial charge in [0.25, 0.3) is 5.91 Å². The monoisotopic (exact) mass is 383 g/mol. The molecule has 0 unspecified atom stereocenters. The van der Waals surface area contributed by atoms with E-state index in [0.717, 1.165) is 16.5 Å². The summed E-state index contributed by atoms with van der Waals surface area (Å²) in [5.41, 5.74) is 8.99. The van der Waals surface area contributed by atoms with Gasteiger partial charge < -0.3 is 11.1 Å². The van der Waals surface area contributed by atoms with Crippen molar-refractivity contribution in [3.8, 4) is 11.1 Å². The lowest BCUT2D eigenvalue weighted by atomic mass is 10.0. The molecule has 0 aliphatic rings. The lowest BCUT2D eigenvalue weighted by Crippen LogP contribution is -2.18. The molecule has 0 bridgehead atoms. The molecular weight excluding hydrogens is 362 g/mol. The Hall–Kier alpha value is -2.93. The maximum atomic E-state index is 11.7. The molecule has 0 fully saturated rings. The number of amides is 1. The Labute approximate surface area is 158 Å². The van der Waals surface area contributed by atoms with Gasteiger partial charge in [0.1, 0.15) is 0 Å². The molecule has 6 nitrogen and oxygen atoms in total. The molecule has 0 radical (unpaired) electrons. The van der Waals surface area contributed by atoms with E-state index in [1.165, 1.54) is 12.5 Å². The normalized spacial score (nSPS) is 11.7. The summed E-state index contributed by atoms with van der Waals surface area (Å²) in [5, 5.41) is 4.08. The standard InChI is InChI=1S/C20H21N3O3S/c1-12(2)23-19-16-9-6-14(10-18(16)22-11-17(19)20(21)24)13-4-7-15(8-5-13)27(3,25)26/h4-12H,1-3H3,(H2,21,24)(H,22,23). The number of benzene rings is 2. The van der Waals surface area contributed by atoms with E-state index in [9.17, 15) is 13.2 Å². The van der Waals surface area contributed by atoms with Gasteiger partial charge in [-0.05, 0) is 43.2 Å². The van der Waals surface area contributed by atoms with E-state index in [0.29, 0.717) is 16.8 Å². The van der Waals surface area contributed by atoms with Gasteiger partial charge in [0.2, 0.25) is 0 Å². The van der Waals surface area contributed by atoms with Crippen LogP contribution in [0.4, 0.5) is 5.69 Å². The Morgan fingerprint density at radius 2 is 1.70 bits per heavy atom. The van der Waals surface area contributed by atoms with Crippen molar-refractivity contribution in [3.63, 3.8) is 0 Å². The molecule has 1 aromatic heterocycles. The van der Waals surface area contributed by atoms with Crippen molar-refractivity contribution >= 4 is 32.3 Å². The van der Waals surface area contributed by atoms with E-state index in [1.807, 2.05) is 32.0 Å². The van der Waals surface area contributed by atoms with Crippen LogP contribution in [0.1, 0.15) is 24.2 Å². The molecule has 0 spiro atoms. The van der Waals surface area contributed by atoms with Crippen molar-refractivity contribution < 1.29 is 13.2 Å². The maximum absolute atomic E-state index is 11.7. The number of hydrogen-bond acceptors (Lipinski definition) is 5. The lowest BCUT2D eigenvalue weighted by Gasteiger charge is -2.16. The minimum Gasteiger partial charge on any atom is -0.382 e. The number of nitrogens with two attached hydrogens (primary N) is 1. The quantitative estimate of drug-likeness (QED) is 0.704. The predicted molar refractivity (Wildman–Crippen MR) is 108 cm³/mol. The minimum atomic E-state index is -3.23. The van der Waals surface area contributed by atoms with E-state index >= 15 is 0 Å². The van der Waals surface area contributed by atoms with Crippen LogP contribution in [0.25, 0.3) is 22.0 Å². The van der Waals surface area contributed by atoms with Crippen molar-refractivity contribution in [3.05, 3.63) is 54.2 Å². The van der Waals surface area contributed by atoms with Crippen LogP contribution in [-0.2, 0) is 9.84 Å². The van der Waals surface area contributed by atoms with Gasteiger partial charge in [-0.25, -0.2) is 8.42 Å². The zero-order valence-electron chi connectivity index (χ0n) is 15.4. The molecule has 3 aromatic rings. The number of pyridine rings is 1. The van der Waals surface area contributed by atoms with E-state index in [4.69, 9.17) is 5.73 Å². The molecule has 3 N–H and O–H groups in total. The van der Waals surface area contributed by atoms with Crippen molar-refractivity contribution in [2.75, 3.05) is 11.6 Å².